The first-order valence-electron chi connectivity index (χ1n) is 32.2. The second kappa shape index (κ2) is 31.3. The minimum Gasteiger partial charge on any atom is -0.497 e. The third-order valence-corrected chi connectivity index (χ3v) is 18.4. The summed E-state index contributed by atoms with van der Waals surface area (Å²) in [5.41, 5.74) is -0.326. The molecule has 3 aromatic heterocycles. The van der Waals surface area contributed by atoms with E-state index < -0.39 is 98.6 Å². The van der Waals surface area contributed by atoms with Crippen LogP contribution >= 0.6 is 7.82 Å². The monoisotopic (exact) mass is 1390 g/mol. The predicted octanol–water partition coefficient (Wildman–Crippen LogP) is 11.8. The second-order valence-electron chi connectivity index (χ2n) is 23.2. The predicted molar refractivity (Wildman–Crippen MR) is 367 cm³/mol. The number of aryl methyl sites for hydroxylation is 1. The molecule has 0 bridgehead atoms. The van der Waals surface area contributed by atoms with Crippen LogP contribution in [0, 0.1) is 18.3 Å². The molecule has 7 atom stereocenters. The number of amides is 2. The zero-order valence-corrected chi connectivity index (χ0v) is 56.0. The summed E-state index contributed by atoms with van der Waals surface area (Å²) in [7, 11) is -1.94. The van der Waals surface area contributed by atoms with Gasteiger partial charge in [-0.2, -0.15) is 19.8 Å². The van der Waals surface area contributed by atoms with Gasteiger partial charge in [-0.3, -0.25) is 42.4 Å². The van der Waals surface area contributed by atoms with Crippen LogP contribution in [0.1, 0.15) is 88.0 Å². The SMILES string of the molecule is CCC(=O)Nc1nc(OC(=O)N(c2ccccc2)c2ccccc2)c2ncn([C@H]3C[C@H](OP(=O)(OCCC#N)OC[C@H]4O[C@@H](n5cc(C)c(=O)n(C(=O)c6ccccc6)c5=O)C[C@@H]4OC(=O)c4ccccc4)[C@@H](COC(c4ccccc4)(c4ccc(OC)cc4)c4ccc(OC)cc4)O3)c2n1. The molecule has 7 aromatic carbocycles. The van der Waals surface area contributed by atoms with Crippen molar-refractivity contribution in [1.29, 1.82) is 5.26 Å². The molecule has 0 aliphatic carbocycles. The third-order valence-electron chi connectivity index (χ3n) is 16.9. The number of para-hydroxylation sites is 2. The Morgan fingerprint density at radius 2 is 1.21 bits per heavy atom. The maximum absolute atomic E-state index is 15.9. The lowest BCUT2D eigenvalue weighted by Gasteiger charge is -2.37. The van der Waals surface area contributed by atoms with Crippen LogP contribution < -0.4 is 35.7 Å². The highest BCUT2D eigenvalue weighted by molar-refractivity contribution is 7.48. The first-order valence-corrected chi connectivity index (χ1v) is 33.7. The quantitative estimate of drug-likeness (QED) is 0.0228. The minimum absolute atomic E-state index is 0.00108. The van der Waals surface area contributed by atoms with E-state index in [1.54, 1.807) is 142 Å². The first-order chi connectivity index (χ1) is 49.1. The van der Waals surface area contributed by atoms with E-state index in [1.807, 2.05) is 60.7 Å². The molecule has 2 saturated heterocycles. The number of hydrogen-bond acceptors (Lipinski definition) is 21. The zero-order valence-electron chi connectivity index (χ0n) is 55.1. The van der Waals surface area contributed by atoms with Crippen LogP contribution in [0.4, 0.5) is 22.1 Å². The fraction of sp³-hybridized carbons (Fsp3) is 0.243. The summed E-state index contributed by atoms with van der Waals surface area (Å²) in [4.78, 5) is 98.9. The van der Waals surface area contributed by atoms with Gasteiger partial charge >= 0.3 is 25.6 Å². The number of hydrogen-bond donors (Lipinski definition) is 1. The molecule has 0 radical (unpaired) electrons. The Morgan fingerprint density at radius 3 is 1.78 bits per heavy atom. The molecule has 27 heteroatoms. The number of benzene rings is 7. The standard InChI is InChI=1S/C74H68N9O17P/c1-5-62(84)77-71-78-66-65(67(79-71)99-73(89)82(54-28-17-9-18-29-54)55-30-19-10-20-31-55)76-47-81(66)64-43-59(60(96-64)45-93-74(51-26-15-8-16-27-51,52-32-36-56(91-3)37-33-52)53-34-38-57(92-4)39-35-53)100-101(90,94-41-21-40-75)95-46-61-58(98-70(87)50-24-13-7-14-25-50)42-63(97-61)80-44-48(2)68(85)83(72(80)88)69(86)49-22-11-6-12-23-49/h6-20,22-39,44,47,58-61,63-64H,5,21,41-43,45-46H2,1-4H3,(H,77,78,79,84)/t58-,59-,60+,61+,63+,64+,101?/m0/s1. The average Bonchev–Trinajstić information content (AvgIpc) is 1.14. The molecule has 0 saturated carbocycles. The molecule has 1 N–H and O–H groups in total. The number of carbonyl (C=O) groups is 4. The highest BCUT2D eigenvalue weighted by atomic mass is 31.2. The number of rotatable bonds is 26. The van der Waals surface area contributed by atoms with Crippen LogP contribution in [0.5, 0.6) is 17.4 Å². The van der Waals surface area contributed by atoms with Gasteiger partial charge in [-0.1, -0.05) is 134 Å². The lowest BCUT2D eigenvalue weighted by molar-refractivity contribution is -0.115. The number of esters is 1. The van der Waals surface area contributed by atoms with Crippen molar-refractivity contribution in [2.24, 2.45) is 0 Å². The van der Waals surface area contributed by atoms with Gasteiger partial charge in [0.1, 0.15) is 54.0 Å². The number of fused-ring (bicyclic) bond motifs is 1. The van der Waals surface area contributed by atoms with Crippen molar-refractivity contribution in [2.75, 3.05) is 44.3 Å². The molecule has 516 valence electrons. The normalized spacial score (nSPS) is 17.9. The van der Waals surface area contributed by atoms with Crippen molar-refractivity contribution in [3.05, 3.63) is 267 Å². The van der Waals surface area contributed by atoms with Crippen molar-refractivity contribution in [1.82, 2.24) is 28.7 Å². The molecular weight excluding hydrogens is 1320 g/mol. The molecule has 12 rings (SSSR count). The zero-order chi connectivity index (χ0) is 70.6. The van der Waals surface area contributed by atoms with Gasteiger partial charge < -0.3 is 33.2 Å². The number of phosphoric acid groups is 1. The van der Waals surface area contributed by atoms with Gasteiger partial charge in [0.25, 0.3) is 17.3 Å². The second-order valence-corrected chi connectivity index (χ2v) is 24.9. The smallest absolute Gasteiger partial charge is 0.475 e. The average molecular weight is 1390 g/mol. The highest BCUT2D eigenvalue weighted by Gasteiger charge is 2.48. The Morgan fingerprint density at radius 1 is 0.673 bits per heavy atom. The van der Waals surface area contributed by atoms with Gasteiger partial charge in [-0.25, -0.2) is 28.8 Å². The van der Waals surface area contributed by atoms with E-state index in [-0.39, 0.29) is 72.0 Å². The van der Waals surface area contributed by atoms with Crippen LogP contribution in [-0.2, 0) is 47.5 Å². The number of imidazole rings is 1. The summed E-state index contributed by atoms with van der Waals surface area (Å²) in [6, 6.07) is 59.4. The number of aromatic nitrogens is 6. The van der Waals surface area contributed by atoms with Crippen molar-refractivity contribution in [2.45, 2.75) is 82.0 Å². The number of nitriles is 1. The lowest BCUT2D eigenvalue weighted by Crippen LogP contribution is -2.45. The van der Waals surface area contributed by atoms with Crippen molar-refractivity contribution < 1.29 is 70.5 Å². The molecule has 101 heavy (non-hydrogen) atoms. The van der Waals surface area contributed by atoms with Crippen LogP contribution in [0.2, 0.25) is 0 Å². The van der Waals surface area contributed by atoms with E-state index in [2.05, 4.69) is 15.3 Å². The van der Waals surface area contributed by atoms with Gasteiger partial charge in [0.15, 0.2) is 11.2 Å². The van der Waals surface area contributed by atoms with Gasteiger partial charge in [-0.15, -0.1) is 0 Å². The Balaban J connectivity index is 0.932. The molecule has 5 heterocycles. The molecular formula is C74H68N9O17P. The van der Waals surface area contributed by atoms with Crippen LogP contribution in [-0.4, -0.2) is 111 Å². The molecule has 2 aliphatic rings. The summed E-state index contributed by atoms with van der Waals surface area (Å²) in [6.45, 7) is 1.47. The summed E-state index contributed by atoms with van der Waals surface area (Å²) in [6.07, 6.45) is -6.81. The molecule has 2 fully saturated rings. The summed E-state index contributed by atoms with van der Waals surface area (Å²) < 4.78 is 82.3. The number of carbonyl (C=O) groups excluding carboxylic acids is 4. The number of nitrogens with zero attached hydrogens (tertiary/aromatic N) is 8. The molecule has 26 nitrogen and oxygen atoms in total. The van der Waals surface area contributed by atoms with Crippen LogP contribution in [0.25, 0.3) is 11.2 Å². The van der Waals surface area contributed by atoms with Crippen LogP contribution in [0.15, 0.2) is 222 Å². The molecule has 10 aromatic rings. The molecule has 0 spiro atoms. The third kappa shape index (κ3) is 15.3. The minimum atomic E-state index is -5.05. The molecule has 1 unspecified atom stereocenters. The lowest BCUT2D eigenvalue weighted by atomic mass is 9.80. The fourth-order valence-electron chi connectivity index (χ4n) is 11.8. The number of nitrogens with one attached hydrogen (secondary N) is 1. The van der Waals surface area contributed by atoms with E-state index in [0.29, 0.717) is 44.1 Å². The number of ether oxygens (including phenoxy) is 7. The Kier molecular flexibility index (Phi) is 21.6. The maximum atomic E-state index is 15.9. The van der Waals surface area contributed by atoms with Gasteiger partial charge in [0.2, 0.25) is 11.9 Å². The van der Waals surface area contributed by atoms with Crippen molar-refractivity contribution >= 4 is 60.2 Å². The van der Waals surface area contributed by atoms with E-state index in [1.165, 1.54) is 53.2 Å². The Hall–Kier alpha value is -11.3. The van der Waals surface area contributed by atoms with Gasteiger partial charge in [-0.05, 0) is 96.4 Å². The first kappa shape index (κ1) is 69.6. The fourth-order valence-corrected chi connectivity index (χ4v) is 13.2. The largest absolute Gasteiger partial charge is 0.497 e. The van der Waals surface area contributed by atoms with E-state index in [0.717, 1.165) is 4.57 Å². The van der Waals surface area contributed by atoms with Crippen molar-refractivity contribution in [3.8, 4) is 23.4 Å². The maximum Gasteiger partial charge on any atom is 0.475 e. The molecule has 2 aliphatic heterocycles. The summed E-state index contributed by atoms with van der Waals surface area (Å²) >= 11 is 0. The number of methoxy groups -OCH3 is 2. The Bertz CT molecular complexity index is 4710. The van der Waals surface area contributed by atoms with Gasteiger partial charge in [0.05, 0.1) is 69.8 Å². The summed E-state index contributed by atoms with van der Waals surface area (Å²) in [5, 5.41) is 12.5. The Labute approximate surface area is 578 Å². The van der Waals surface area contributed by atoms with E-state index >= 15 is 4.57 Å². The van der Waals surface area contributed by atoms with Crippen molar-refractivity contribution in [3.63, 3.8) is 0 Å². The summed E-state index contributed by atoms with van der Waals surface area (Å²) in [5.74, 6) is -1.63. The van der Waals surface area contributed by atoms with Gasteiger partial charge in [0, 0.05) is 36.6 Å². The van der Waals surface area contributed by atoms with E-state index in [9.17, 15) is 34.0 Å². The highest BCUT2D eigenvalue weighted by Crippen LogP contribution is 2.55. The topological polar surface area (TPSA) is 304 Å². The number of phosphoric ester groups is 1. The van der Waals surface area contributed by atoms with Crippen LogP contribution in [0.3, 0.4) is 0 Å². The van der Waals surface area contributed by atoms with E-state index in [4.69, 9.17) is 51.7 Å². The molecule has 2 amide bonds. The number of anilines is 3.